The third-order valence-electron chi connectivity index (χ3n) is 8.27. The molecule has 45 heavy (non-hydrogen) atoms. The summed E-state index contributed by atoms with van der Waals surface area (Å²) < 4.78 is 46.9. The highest BCUT2D eigenvalue weighted by molar-refractivity contribution is 7.80. The minimum absolute atomic E-state index is 0.263. The lowest BCUT2D eigenvalue weighted by Gasteiger charge is -2.41. The van der Waals surface area contributed by atoms with Gasteiger partial charge in [0, 0.05) is 0 Å². The molecular weight excluding hydrogens is 610 g/mol. The summed E-state index contributed by atoms with van der Waals surface area (Å²) in [6.45, 7) is 3.10. The summed E-state index contributed by atoms with van der Waals surface area (Å²) >= 11 is 0. The summed E-state index contributed by atoms with van der Waals surface area (Å²) in [4.78, 5) is 12.9. The Morgan fingerprint density at radius 3 is 1.78 bits per heavy atom. The molecule has 14 heteroatoms. The first-order valence-corrected chi connectivity index (χ1v) is 18.4. The van der Waals surface area contributed by atoms with Gasteiger partial charge in [0.25, 0.3) is 0 Å². The van der Waals surface area contributed by atoms with E-state index >= 15 is 0 Å². The fourth-order valence-corrected chi connectivity index (χ4v) is 5.97. The smallest absolute Gasteiger partial charge is 0.394 e. The van der Waals surface area contributed by atoms with Crippen molar-refractivity contribution in [2.24, 2.45) is 0 Å². The van der Waals surface area contributed by atoms with E-state index in [-0.39, 0.29) is 6.42 Å². The van der Waals surface area contributed by atoms with Gasteiger partial charge < -0.3 is 40.3 Å². The van der Waals surface area contributed by atoms with Crippen LogP contribution in [-0.2, 0) is 28.9 Å². The van der Waals surface area contributed by atoms with Crippen molar-refractivity contribution in [1.82, 2.24) is 5.32 Å². The number of nitrogens with one attached hydrogen (secondary N) is 1. The molecule has 1 rings (SSSR count). The molecular formula is C31H61NO12S. The summed E-state index contributed by atoms with van der Waals surface area (Å²) in [6, 6.07) is -1.02. The minimum atomic E-state index is -5.09. The van der Waals surface area contributed by atoms with Gasteiger partial charge in [-0.05, 0) is 12.8 Å². The monoisotopic (exact) mass is 671 g/mol. The Labute approximate surface area is 270 Å². The summed E-state index contributed by atoms with van der Waals surface area (Å²) in [5, 5.41) is 54.4. The highest BCUT2D eigenvalue weighted by Crippen LogP contribution is 2.26. The van der Waals surface area contributed by atoms with Crippen molar-refractivity contribution >= 4 is 16.3 Å². The Kier molecular flexibility index (Phi) is 22.7. The van der Waals surface area contributed by atoms with Crippen LogP contribution in [-0.4, -0.2) is 107 Å². The molecule has 7 N–H and O–H groups in total. The molecule has 0 bridgehead atoms. The predicted octanol–water partition coefficient (Wildman–Crippen LogP) is 2.90. The van der Waals surface area contributed by atoms with E-state index in [0.717, 1.165) is 44.9 Å². The largest absolute Gasteiger partial charge is 0.397 e. The number of carbonyl (C=O) groups is 1. The molecule has 0 aliphatic carbocycles. The van der Waals surface area contributed by atoms with Crippen LogP contribution in [0, 0.1) is 0 Å². The maximum atomic E-state index is 12.9. The second kappa shape index (κ2) is 24.2. The van der Waals surface area contributed by atoms with Gasteiger partial charge in [-0.1, -0.05) is 117 Å². The quantitative estimate of drug-likeness (QED) is 0.0496. The zero-order valence-corrected chi connectivity index (χ0v) is 28.1. The van der Waals surface area contributed by atoms with Crippen LogP contribution >= 0.6 is 0 Å². The van der Waals surface area contributed by atoms with Crippen molar-refractivity contribution in [2.45, 2.75) is 178 Å². The van der Waals surface area contributed by atoms with Crippen molar-refractivity contribution in [2.75, 3.05) is 13.2 Å². The van der Waals surface area contributed by atoms with Crippen molar-refractivity contribution in [3.8, 4) is 0 Å². The molecule has 8 atom stereocenters. The van der Waals surface area contributed by atoms with Gasteiger partial charge in [-0.25, -0.2) is 4.18 Å². The van der Waals surface area contributed by atoms with Gasteiger partial charge in [-0.3, -0.25) is 9.35 Å². The maximum Gasteiger partial charge on any atom is 0.397 e. The third kappa shape index (κ3) is 18.3. The Balaban J connectivity index is 2.68. The van der Waals surface area contributed by atoms with Crippen LogP contribution < -0.4 is 5.32 Å². The molecule has 0 aromatic carbocycles. The number of hydrogen-bond acceptors (Lipinski definition) is 11. The van der Waals surface area contributed by atoms with Gasteiger partial charge in [0.2, 0.25) is 5.91 Å². The van der Waals surface area contributed by atoms with E-state index in [4.69, 9.17) is 14.0 Å². The lowest BCUT2D eigenvalue weighted by molar-refractivity contribution is -0.298. The van der Waals surface area contributed by atoms with Gasteiger partial charge in [0.05, 0.1) is 25.4 Å². The SMILES string of the molecule is CCCCCCCCCCCCCC(O)C(=O)NC(COC1OC(CO)C(O)C(OS(=O)(=O)O)C1O)C(O)CCCCCCC. The molecule has 13 nitrogen and oxygen atoms in total. The van der Waals surface area contributed by atoms with Gasteiger partial charge in [-0.15, -0.1) is 0 Å². The zero-order valence-electron chi connectivity index (χ0n) is 27.3. The number of carbonyl (C=O) groups excluding carboxylic acids is 1. The average Bonchev–Trinajstić information content (AvgIpc) is 2.99. The van der Waals surface area contributed by atoms with Crippen LogP contribution in [0.3, 0.4) is 0 Å². The molecule has 268 valence electrons. The number of amides is 1. The summed E-state index contributed by atoms with van der Waals surface area (Å²) in [5.41, 5.74) is 0. The number of rotatable bonds is 27. The Morgan fingerprint density at radius 2 is 1.29 bits per heavy atom. The van der Waals surface area contributed by atoms with Crippen molar-refractivity contribution in [1.29, 1.82) is 0 Å². The topological polar surface area (TPSA) is 212 Å². The van der Waals surface area contributed by atoms with Crippen LogP contribution in [0.4, 0.5) is 0 Å². The van der Waals surface area contributed by atoms with E-state index in [0.29, 0.717) is 19.3 Å². The van der Waals surface area contributed by atoms with Crippen LogP contribution in [0.15, 0.2) is 0 Å². The van der Waals surface area contributed by atoms with Crippen LogP contribution in [0.5, 0.6) is 0 Å². The van der Waals surface area contributed by atoms with E-state index in [9.17, 15) is 38.7 Å². The highest BCUT2D eigenvalue weighted by atomic mass is 32.3. The Morgan fingerprint density at radius 1 is 0.800 bits per heavy atom. The average molecular weight is 672 g/mol. The standard InChI is InChI=1S/C31H61NO12S/c1-3-5-7-9-10-11-12-13-14-16-18-20-25(35)30(38)32-23(24(34)19-17-15-8-6-4-2)22-42-31-28(37)29(44-45(39,40)41)27(36)26(21-33)43-31/h23-29,31,33-37H,3-22H2,1-2H3,(H,32,38)(H,39,40,41). The molecule has 1 heterocycles. The van der Waals surface area contributed by atoms with E-state index in [1.165, 1.54) is 44.9 Å². The molecule has 1 saturated heterocycles. The number of hydrogen-bond donors (Lipinski definition) is 7. The molecule has 0 saturated carbocycles. The van der Waals surface area contributed by atoms with Crippen molar-refractivity contribution in [3.63, 3.8) is 0 Å². The van der Waals surface area contributed by atoms with E-state index in [1.807, 2.05) is 0 Å². The lowest BCUT2D eigenvalue weighted by atomic mass is 9.99. The maximum absolute atomic E-state index is 12.9. The van der Waals surface area contributed by atoms with Crippen LogP contribution in [0.25, 0.3) is 0 Å². The fourth-order valence-electron chi connectivity index (χ4n) is 5.46. The Hall–Kier alpha value is -0.940. The second-order valence-corrected chi connectivity index (χ2v) is 13.3. The number of unbranched alkanes of at least 4 members (excludes halogenated alkanes) is 14. The molecule has 1 amide bonds. The van der Waals surface area contributed by atoms with Gasteiger partial charge in [-0.2, -0.15) is 8.42 Å². The third-order valence-corrected chi connectivity index (χ3v) is 8.74. The molecule has 0 aromatic heterocycles. The Bertz CT molecular complexity index is 864. The molecule has 1 fully saturated rings. The van der Waals surface area contributed by atoms with Crippen LogP contribution in [0.2, 0.25) is 0 Å². The van der Waals surface area contributed by atoms with Gasteiger partial charge in [0.15, 0.2) is 6.29 Å². The summed E-state index contributed by atoms with van der Waals surface area (Å²) in [7, 11) is -5.09. The lowest BCUT2D eigenvalue weighted by Crippen LogP contribution is -2.61. The number of ether oxygens (including phenoxy) is 2. The summed E-state index contributed by atoms with van der Waals surface area (Å²) in [6.07, 6.45) is 6.73. The molecule has 8 unspecified atom stereocenters. The molecule has 1 aliphatic rings. The van der Waals surface area contributed by atoms with E-state index < -0.39 is 78.5 Å². The van der Waals surface area contributed by atoms with E-state index in [2.05, 4.69) is 23.3 Å². The predicted molar refractivity (Wildman–Crippen MR) is 169 cm³/mol. The molecule has 0 aromatic rings. The van der Waals surface area contributed by atoms with Gasteiger partial charge >= 0.3 is 10.4 Å². The first-order valence-electron chi connectivity index (χ1n) is 17.0. The zero-order chi connectivity index (χ0) is 33.7. The minimum Gasteiger partial charge on any atom is -0.394 e. The summed E-state index contributed by atoms with van der Waals surface area (Å²) in [5.74, 6) is -0.679. The molecule has 0 spiro atoms. The fraction of sp³-hybridized carbons (Fsp3) is 0.968. The van der Waals surface area contributed by atoms with E-state index in [1.54, 1.807) is 0 Å². The number of aliphatic hydroxyl groups excluding tert-OH is 5. The number of aliphatic hydroxyl groups is 5. The normalized spacial score (nSPS) is 24.3. The van der Waals surface area contributed by atoms with Crippen molar-refractivity contribution in [3.05, 3.63) is 0 Å². The van der Waals surface area contributed by atoms with Crippen molar-refractivity contribution < 1.29 is 57.0 Å². The second-order valence-electron chi connectivity index (χ2n) is 12.3. The van der Waals surface area contributed by atoms with Crippen LogP contribution in [0.1, 0.15) is 129 Å². The van der Waals surface area contributed by atoms with Gasteiger partial charge in [0.1, 0.15) is 30.5 Å². The first-order chi connectivity index (χ1) is 21.4. The molecule has 1 aliphatic heterocycles. The first kappa shape index (κ1) is 42.1. The highest BCUT2D eigenvalue weighted by Gasteiger charge is 2.48. The molecule has 0 radical (unpaired) electrons.